The van der Waals surface area contributed by atoms with Crippen molar-refractivity contribution in [1.29, 1.82) is 0 Å². The van der Waals surface area contributed by atoms with Crippen molar-refractivity contribution in [2.75, 3.05) is 0 Å². The van der Waals surface area contributed by atoms with Crippen molar-refractivity contribution in [2.24, 2.45) is 5.92 Å². The molecule has 0 amide bonds. The van der Waals surface area contributed by atoms with Gasteiger partial charge in [0, 0.05) is 18.8 Å². The number of hydrogen-bond donors (Lipinski definition) is 1. The van der Waals surface area contributed by atoms with E-state index in [0.29, 0.717) is 0 Å². The minimum Gasteiger partial charge on any atom is -0.349 e. The first-order valence-corrected chi connectivity index (χ1v) is 5.31. The first-order chi connectivity index (χ1) is 6.33. The van der Waals surface area contributed by atoms with Crippen molar-refractivity contribution in [1.82, 2.24) is 9.97 Å². The lowest BCUT2D eigenvalue weighted by molar-refractivity contribution is 0.467. The molecule has 1 aromatic heterocycles. The minimum absolute atomic E-state index is 0.875. The molecule has 0 spiro atoms. The Morgan fingerprint density at radius 3 is 2.92 bits per heavy atom. The van der Waals surface area contributed by atoms with Gasteiger partial charge in [0.2, 0.25) is 0 Å². The molecular weight excluding hydrogens is 160 g/mol. The van der Waals surface area contributed by atoms with E-state index in [1.807, 2.05) is 12.4 Å². The maximum atomic E-state index is 4.20. The van der Waals surface area contributed by atoms with Crippen LogP contribution < -0.4 is 0 Å². The number of aromatic amines is 1. The molecular formula is C11H20N2. The van der Waals surface area contributed by atoms with Gasteiger partial charge in [0.25, 0.3) is 0 Å². The summed E-state index contributed by atoms with van der Waals surface area (Å²) in [5.74, 6) is 2.00. The van der Waals surface area contributed by atoms with Gasteiger partial charge < -0.3 is 4.98 Å². The number of nitrogens with zero attached hydrogens (tertiary/aromatic N) is 1. The van der Waals surface area contributed by atoms with Crippen LogP contribution in [-0.4, -0.2) is 9.97 Å². The fourth-order valence-corrected chi connectivity index (χ4v) is 1.69. The summed E-state index contributed by atoms with van der Waals surface area (Å²) in [7, 11) is 0. The molecule has 1 aromatic rings. The van der Waals surface area contributed by atoms with Crippen LogP contribution in [0.4, 0.5) is 0 Å². The molecule has 1 atom stereocenters. The summed E-state index contributed by atoms with van der Waals surface area (Å²) in [5, 5.41) is 0. The number of aromatic nitrogens is 2. The Kier molecular flexibility index (Phi) is 4.58. The van der Waals surface area contributed by atoms with Gasteiger partial charge >= 0.3 is 0 Å². The number of aryl methyl sites for hydroxylation is 1. The molecule has 0 fully saturated rings. The molecule has 74 valence electrons. The third-order valence-corrected chi connectivity index (χ3v) is 2.45. The highest BCUT2D eigenvalue weighted by Crippen LogP contribution is 2.13. The second-order valence-electron chi connectivity index (χ2n) is 3.82. The van der Waals surface area contributed by atoms with Gasteiger partial charge in [-0.2, -0.15) is 0 Å². The Hall–Kier alpha value is -0.790. The average Bonchev–Trinajstić information content (AvgIpc) is 2.57. The molecule has 0 aliphatic heterocycles. The van der Waals surface area contributed by atoms with Crippen molar-refractivity contribution in [2.45, 2.75) is 46.0 Å². The zero-order valence-electron chi connectivity index (χ0n) is 8.71. The molecule has 0 radical (unpaired) electrons. The van der Waals surface area contributed by atoms with Crippen molar-refractivity contribution < 1.29 is 0 Å². The smallest absolute Gasteiger partial charge is 0.105 e. The van der Waals surface area contributed by atoms with Gasteiger partial charge in [0.1, 0.15) is 5.82 Å². The normalized spacial score (nSPS) is 13.1. The second-order valence-corrected chi connectivity index (χ2v) is 3.82. The van der Waals surface area contributed by atoms with E-state index in [1.165, 1.54) is 25.7 Å². The van der Waals surface area contributed by atoms with E-state index in [2.05, 4.69) is 23.8 Å². The van der Waals surface area contributed by atoms with E-state index in [1.54, 1.807) is 0 Å². The highest BCUT2D eigenvalue weighted by atomic mass is 14.9. The first-order valence-electron chi connectivity index (χ1n) is 5.31. The van der Waals surface area contributed by atoms with Gasteiger partial charge in [-0.1, -0.05) is 33.1 Å². The molecule has 1 unspecified atom stereocenters. The summed E-state index contributed by atoms with van der Waals surface area (Å²) >= 11 is 0. The summed E-state index contributed by atoms with van der Waals surface area (Å²) < 4.78 is 0. The molecule has 0 saturated heterocycles. The van der Waals surface area contributed by atoms with Crippen LogP contribution in [0.2, 0.25) is 0 Å². The molecule has 0 aromatic carbocycles. The molecule has 0 bridgehead atoms. The van der Waals surface area contributed by atoms with Crippen molar-refractivity contribution in [3.05, 3.63) is 18.2 Å². The maximum absolute atomic E-state index is 4.20. The highest BCUT2D eigenvalue weighted by Gasteiger charge is 2.01. The van der Waals surface area contributed by atoms with Crippen LogP contribution in [0, 0.1) is 5.92 Å². The van der Waals surface area contributed by atoms with E-state index in [4.69, 9.17) is 0 Å². The van der Waals surface area contributed by atoms with Gasteiger partial charge in [0.05, 0.1) is 0 Å². The lowest BCUT2D eigenvalue weighted by atomic mass is 9.99. The Labute approximate surface area is 80.8 Å². The summed E-state index contributed by atoms with van der Waals surface area (Å²) in [6.07, 6.45) is 10.1. The fraction of sp³-hybridized carbons (Fsp3) is 0.727. The number of H-pyrrole nitrogens is 1. The highest BCUT2D eigenvalue weighted by molar-refractivity contribution is 4.86. The summed E-state index contributed by atoms with van der Waals surface area (Å²) in [6, 6.07) is 0. The van der Waals surface area contributed by atoms with E-state index < -0.39 is 0 Å². The molecule has 0 aliphatic carbocycles. The van der Waals surface area contributed by atoms with E-state index in [9.17, 15) is 0 Å². The number of hydrogen-bond acceptors (Lipinski definition) is 1. The third-order valence-electron chi connectivity index (χ3n) is 2.45. The topological polar surface area (TPSA) is 28.7 Å². The molecule has 2 nitrogen and oxygen atoms in total. The molecule has 1 N–H and O–H groups in total. The Balaban J connectivity index is 2.07. The zero-order valence-corrected chi connectivity index (χ0v) is 8.71. The molecule has 0 aliphatic rings. The Morgan fingerprint density at radius 2 is 2.31 bits per heavy atom. The fourth-order valence-electron chi connectivity index (χ4n) is 1.69. The van der Waals surface area contributed by atoms with Crippen molar-refractivity contribution >= 4 is 0 Å². The van der Waals surface area contributed by atoms with Gasteiger partial charge in [-0.25, -0.2) is 4.98 Å². The third kappa shape index (κ3) is 4.11. The van der Waals surface area contributed by atoms with Crippen LogP contribution in [-0.2, 0) is 6.42 Å². The lowest BCUT2D eigenvalue weighted by Crippen LogP contribution is -1.96. The first kappa shape index (κ1) is 10.3. The number of imidazole rings is 1. The second kappa shape index (κ2) is 5.79. The van der Waals surface area contributed by atoms with Crippen LogP contribution >= 0.6 is 0 Å². The Morgan fingerprint density at radius 1 is 1.46 bits per heavy atom. The maximum Gasteiger partial charge on any atom is 0.105 e. The minimum atomic E-state index is 0.875. The number of nitrogens with one attached hydrogen (secondary N) is 1. The van der Waals surface area contributed by atoms with Gasteiger partial charge in [0.15, 0.2) is 0 Å². The van der Waals surface area contributed by atoms with Gasteiger partial charge in [-0.05, 0) is 12.3 Å². The van der Waals surface area contributed by atoms with E-state index in [0.717, 1.165) is 18.2 Å². The predicted molar refractivity (Wildman–Crippen MR) is 55.6 cm³/mol. The quantitative estimate of drug-likeness (QED) is 0.715. The molecule has 1 heterocycles. The molecule has 0 saturated carbocycles. The lowest BCUT2D eigenvalue weighted by Gasteiger charge is -2.08. The predicted octanol–water partition coefficient (Wildman–Crippen LogP) is 3.17. The van der Waals surface area contributed by atoms with E-state index in [-0.39, 0.29) is 0 Å². The van der Waals surface area contributed by atoms with Crippen molar-refractivity contribution in [3.63, 3.8) is 0 Å². The summed E-state index contributed by atoms with van der Waals surface area (Å²) in [5.41, 5.74) is 0. The molecule has 13 heavy (non-hydrogen) atoms. The SMILES string of the molecule is CCCC(C)CCCc1ncc[nH]1. The van der Waals surface area contributed by atoms with E-state index >= 15 is 0 Å². The standard InChI is InChI=1S/C11H20N2/c1-3-5-10(2)6-4-7-11-12-8-9-13-11/h8-10H,3-7H2,1-2H3,(H,12,13). The largest absolute Gasteiger partial charge is 0.349 e. The van der Waals surface area contributed by atoms with Crippen LogP contribution in [0.25, 0.3) is 0 Å². The van der Waals surface area contributed by atoms with Gasteiger partial charge in [-0.3, -0.25) is 0 Å². The van der Waals surface area contributed by atoms with Crippen LogP contribution in [0.3, 0.4) is 0 Å². The summed E-state index contributed by atoms with van der Waals surface area (Å²) in [4.78, 5) is 7.34. The van der Waals surface area contributed by atoms with Gasteiger partial charge in [-0.15, -0.1) is 0 Å². The average molecular weight is 180 g/mol. The van der Waals surface area contributed by atoms with Crippen LogP contribution in [0.1, 0.15) is 45.4 Å². The van der Waals surface area contributed by atoms with Crippen LogP contribution in [0.5, 0.6) is 0 Å². The Bertz CT molecular complexity index is 204. The monoisotopic (exact) mass is 180 g/mol. The molecule has 1 rings (SSSR count). The number of rotatable bonds is 6. The molecule has 2 heteroatoms. The van der Waals surface area contributed by atoms with Crippen LogP contribution in [0.15, 0.2) is 12.4 Å². The van der Waals surface area contributed by atoms with Crippen molar-refractivity contribution in [3.8, 4) is 0 Å². The summed E-state index contributed by atoms with van der Waals surface area (Å²) in [6.45, 7) is 4.59. The zero-order chi connectivity index (χ0) is 9.52.